The van der Waals surface area contributed by atoms with Crippen LogP contribution in [-0.2, 0) is 18.9 Å². The topological polar surface area (TPSA) is 78.9 Å². The van der Waals surface area contributed by atoms with Gasteiger partial charge in [-0.2, -0.15) is 31.3 Å². The molecule has 4 aromatic heterocycles. The van der Waals surface area contributed by atoms with E-state index in [1.165, 1.54) is 53.3 Å². The molecular weight excluding hydrogens is 685 g/mol. The van der Waals surface area contributed by atoms with Crippen LogP contribution >= 0.6 is 22.7 Å². The van der Waals surface area contributed by atoms with E-state index in [1.807, 2.05) is 48.6 Å². The first-order chi connectivity index (χ1) is 23.3. The van der Waals surface area contributed by atoms with Gasteiger partial charge in [-0.25, -0.2) is 15.0 Å². The van der Waals surface area contributed by atoms with E-state index in [0.29, 0.717) is 24.1 Å². The van der Waals surface area contributed by atoms with Crippen LogP contribution in [0.5, 0.6) is 0 Å². The van der Waals surface area contributed by atoms with Crippen molar-refractivity contribution in [3.8, 4) is 0 Å². The quantitative estimate of drug-likeness (QED) is 0.144. The number of nitrogens with one attached hydrogen (secondary N) is 2. The summed E-state index contributed by atoms with van der Waals surface area (Å²) in [5, 5.41) is 10.1. The molecule has 1 unspecified atom stereocenters. The van der Waals surface area contributed by atoms with Crippen molar-refractivity contribution < 1.29 is 26.3 Å². The molecule has 6 rings (SSSR count). The highest BCUT2D eigenvalue weighted by atomic mass is 32.1. The lowest BCUT2D eigenvalue weighted by molar-refractivity contribution is -0.139. The number of aromatic nitrogens is 4. The fourth-order valence-corrected chi connectivity index (χ4v) is 6.82. The molecule has 0 amide bonds. The monoisotopic (exact) mass is 717 g/mol. The number of fused-ring (bicyclic) bond motifs is 2. The average molecular weight is 718 g/mol. The molecular formula is C34H33F6N7S2. The van der Waals surface area contributed by atoms with Crippen LogP contribution < -0.4 is 15.5 Å². The van der Waals surface area contributed by atoms with Gasteiger partial charge < -0.3 is 15.5 Å². The van der Waals surface area contributed by atoms with Gasteiger partial charge >= 0.3 is 12.4 Å². The van der Waals surface area contributed by atoms with Crippen molar-refractivity contribution in [2.45, 2.75) is 58.7 Å². The van der Waals surface area contributed by atoms with Gasteiger partial charge in [0.05, 0.1) is 37.6 Å². The Kier molecular flexibility index (Phi) is 10.9. The van der Waals surface area contributed by atoms with Gasteiger partial charge in [0.2, 0.25) is 5.95 Å². The van der Waals surface area contributed by atoms with Crippen LogP contribution in [0.2, 0.25) is 0 Å². The lowest BCUT2D eigenvalue weighted by atomic mass is 10.0. The minimum atomic E-state index is -4.40. The first-order valence-corrected chi connectivity index (χ1v) is 17.0. The average Bonchev–Trinajstić information content (AvgIpc) is 3.73. The lowest BCUT2D eigenvalue weighted by Crippen LogP contribution is -2.25. The SMILES string of the molecule is CC(C)Nc1nc(NC(C)c2ccccc2C(F)(F)F)c2sccc2n1.CCN(Cc1ccccc1C(F)(F)F)c1ncnc2ccsc12. The number of alkyl halides is 6. The second-order valence-corrected chi connectivity index (χ2v) is 13.1. The van der Waals surface area contributed by atoms with Gasteiger partial charge in [0.1, 0.15) is 18.0 Å². The summed E-state index contributed by atoms with van der Waals surface area (Å²) in [5.41, 5.74) is 0.744. The number of nitrogens with zero attached hydrogens (tertiary/aromatic N) is 5. The van der Waals surface area contributed by atoms with Crippen LogP contribution in [0.3, 0.4) is 0 Å². The van der Waals surface area contributed by atoms with Crippen molar-refractivity contribution in [2.24, 2.45) is 0 Å². The number of benzene rings is 2. The van der Waals surface area contributed by atoms with Crippen molar-refractivity contribution in [1.82, 2.24) is 19.9 Å². The minimum Gasteiger partial charge on any atom is -0.362 e. The molecule has 0 aliphatic rings. The maximum absolute atomic E-state index is 13.3. The molecule has 0 aliphatic carbocycles. The fraction of sp³-hybridized carbons (Fsp3) is 0.294. The van der Waals surface area contributed by atoms with Gasteiger partial charge in [-0.3, -0.25) is 0 Å². The number of rotatable bonds is 9. The molecule has 15 heteroatoms. The molecule has 4 heterocycles. The van der Waals surface area contributed by atoms with Crippen molar-refractivity contribution in [1.29, 1.82) is 0 Å². The van der Waals surface area contributed by atoms with E-state index in [1.54, 1.807) is 19.1 Å². The Morgan fingerprint density at radius 1 is 0.735 bits per heavy atom. The van der Waals surface area contributed by atoms with Crippen molar-refractivity contribution in [3.05, 3.63) is 100 Å². The predicted octanol–water partition coefficient (Wildman–Crippen LogP) is 10.4. The largest absolute Gasteiger partial charge is 0.416 e. The zero-order chi connectivity index (χ0) is 35.3. The Hall–Kier alpha value is -4.50. The summed E-state index contributed by atoms with van der Waals surface area (Å²) < 4.78 is 81.1. The molecule has 0 spiro atoms. The molecule has 2 N–H and O–H groups in total. The Balaban J connectivity index is 0.000000192. The highest BCUT2D eigenvalue weighted by molar-refractivity contribution is 7.18. The van der Waals surface area contributed by atoms with Gasteiger partial charge in [0.25, 0.3) is 0 Å². The number of hydrogen-bond acceptors (Lipinski definition) is 9. The summed E-state index contributed by atoms with van der Waals surface area (Å²) in [6.45, 7) is 8.23. The summed E-state index contributed by atoms with van der Waals surface area (Å²) in [6.07, 6.45) is -7.32. The number of halogens is 6. The van der Waals surface area contributed by atoms with Gasteiger partial charge in [-0.1, -0.05) is 36.4 Å². The summed E-state index contributed by atoms with van der Waals surface area (Å²) >= 11 is 2.94. The fourth-order valence-electron chi connectivity index (χ4n) is 5.18. The van der Waals surface area contributed by atoms with Crippen LogP contribution in [0, 0.1) is 0 Å². The first-order valence-electron chi connectivity index (χ1n) is 15.3. The normalized spacial score (nSPS) is 12.6. The summed E-state index contributed by atoms with van der Waals surface area (Å²) in [7, 11) is 0. The summed E-state index contributed by atoms with van der Waals surface area (Å²) in [6, 6.07) is 14.6. The van der Waals surface area contributed by atoms with Gasteiger partial charge in [-0.15, -0.1) is 22.7 Å². The van der Waals surface area contributed by atoms with Crippen LogP contribution in [0.1, 0.15) is 56.0 Å². The Morgan fingerprint density at radius 2 is 1.37 bits per heavy atom. The third-order valence-electron chi connectivity index (χ3n) is 7.40. The molecule has 0 bridgehead atoms. The van der Waals surface area contributed by atoms with E-state index >= 15 is 0 Å². The van der Waals surface area contributed by atoms with E-state index in [-0.39, 0.29) is 23.7 Å². The second kappa shape index (κ2) is 14.9. The molecule has 0 saturated carbocycles. The van der Waals surface area contributed by atoms with E-state index in [2.05, 4.69) is 30.6 Å². The van der Waals surface area contributed by atoms with Crippen LogP contribution in [0.15, 0.2) is 77.8 Å². The molecule has 0 aliphatic heterocycles. The molecule has 0 fully saturated rings. The third kappa shape index (κ3) is 8.57. The molecule has 1 atom stereocenters. The predicted molar refractivity (Wildman–Crippen MR) is 185 cm³/mol. The highest BCUT2D eigenvalue weighted by Gasteiger charge is 2.35. The molecule has 2 aromatic carbocycles. The van der Waals surface area contributed by atoms with E-state index in [0.717, 1.165) is 32.6 Å². The van der Waals surface area contributed by atoms with Gasteiger partial charge in [0.15, 0.2) is 0 Å². The van der Waals surface area contributed by atoms with Crippen LogP contribution in [0.25, 0.3) is 20.4 Å². The maximum atomic E-state index is 13.3. The third-order valence-corrected chi connectivity index (χ3v) is 9.21. The van der Waals surface area contributed by atoms with E-state index < -0.39 is 29.5 Å². The van der Waals surface area contributed by atoms with Crippen molar-refractivity contribution >= 4 is 60.7 Å². The van der Waals surface area contributed by atoms with Crippen LogP contribution in [0.4, 0.5) is 43.9 Å². The number of hydrogen-bond donors (Lipinski definition) is 2. The summed E-state index contributed by atoms with van der Waals surface area (Å²) in [4.78, 5) is 19.2. The van der Waals surface area contributed by atoms with Crippen molar-refractivity contribution in [2.75, 3.05) is 22.1 Å². The molecule has 0 radical (unpaired) electrons. The van der Waals surface area contributed by atoms with E-state index in [4.69, 9.17) is 0 Å². The van der Waals surface area contributed by atoms with Gasteiger partial charge in [-0.05, 0) is 73.8 Å². The van der Waals surface area contributed by atoms with Crippen LogP contribution in [-0.4, -0.2) is 32.5 Å². The molecule has 49 heavy (non-hydrogen) atoms. The highest BCUT2D eigenvalue weighted by Crippen LogP contribution is 2.37. The Morgan fingerprint density at radius 3 is 2.04 bits per heavy atom. The first kappa shape index (κ1) is 35.8. The second-order valence-electron chi connectivity index (χ2n) is 11.3. The Bertz CT molecular complexity index is 2000. The van der Waals surface area contributed by atoms with Crippen molar-refractivity contribution in [3.63, 3.8) is 0 Å². The van der Waals surface area contributed by atoms with Gasteiger partial charge in [0, 0.05) is 19.1 Å². The number of thiophene rings is 2. The zero-order valence-corrected chi connectivity index (χ0v) is 28.5. The molecule has 7 nitrogen and oxygen atoms in total. The van der Waals surface area contributed by atoms with E-state index in [9.17, 15) is 26.3 Å². The number of anilines is 3. The standard InChI is InChI=1S/C18H19F3N4S.C16H14F3N3S/c1-10(2)22-17-24-14-8-9-26-15(14)16(25-17)23-11(3)12-6-4-5-7-13(12)18(19,20)21;1-2-22(15-14-13(7-8-23-14)20-10-21-15)9-11-5-3-4-6-12(11)16(17,18)19/h4-11H,1-3H3,(H2,22,23,24,25);3-8,10H,2,9H2,1H3. The molecule has 6 aromatic rings. The molecule has 0 saturated heterocycles. The smallest absolute Gasteiger partial charge is 0.362 e. The maximum Gasteiger partial charge on any atom is 0.416 e. The minimum absolute atomic E-state index is 0.141. The lowest BCUT2D eigenvalue weighted by Gasteiger charge is -2.24. The summed E-state index contributed by atoms with van der Waals surface area (Å²) in [5.74, 6) is 1.65. The Labute approximate surface area is 287 Å². The zero-order valence-electron chi connectivity index (χ0n) is 26.9. The molecule has 258 valence electrons.